The van der Waals surface area contributed by atoms with Crippen LogP contribution in [0.3, 0.4) is 0 Å². The molecule has 0 spiro atoms. The van der Waals surface area contributed by atoms with Crippen LogP contribution in [0.4, 0.5) is 15.8 Å². The molecule has 0 unspecified atom stereocenters. The van der Waals surface area contributed by atoms with E-state index in [1.54, 1.807) is 12.1 Å². The summed E-state index contributed by atoms with van der Waals surface area (Å²) in [6.07, 6.45) is 0. The zero-order chi connectivity index (χ0) is 19.5. The average molecular weight is 374 g/mol. The molecule has 1 heterocycles. The second-order valence-corrected chi connectivity index (χ2v) is 6.61. The molecule has 2 N–H and O–H groups in total. The van der Waals surface area contributed by atoms with Gasteiger partial charge in [-0.2, -0.15) is 0 Å². The Balaban J connectivity index is 1.64. The average Bonchev–Trinajstić information content (AvgIpc) is 3.06. The van der Waals surface area contributed by atoms with E-state index in [0.29, 0.717) is 23.5 Å². The van der Waals surface area contributed by atoms with Crippen molar-refractivity contribution in [3.8, 4) is 0 Å². The molecular formula is C23H19FN2O2. The Morgan fingerprint density at radius 2 is 1.79 bits per heavy atom. The lowest BCUT2D eigenvalue weighted by Gasteiger charge is -2.09. The quantitative estimate of drug-likeness (QED) is 0.468. The summed E-state index contributed by atoms with van der Waals surface area (Å²) >= 11 is 0. The third-order valence-corrected chi connectivity index (χ3v) is 4.46. The lowest BCUT2D eigenvalue weighted by molar-refractivity contribution is 0.0999. The normalized spacial score (nSPS) is 10.8. The van der Waals surface area contributed by atoms with Gasteiger partial charge in [0, 0.05) is 17.6 Å². The summed E-state index contributed by atoms with van der Waals surface area (Å²) < 4.78 is 19.0. The van der Waals surface area contributed by atoms with E-state index in [1.165, 1.54) is 12.1 Å². The Hall–Kier alpha value is -3.60. The molecule has 4 rings (SSSR count). The molecule has 0 fully saturated rings. The summed E-state index contributed by atoms with van der Waals surface area (Å²) in [6.45, 7) is 2.40. The number of nitrogens with one attached hydrogen (secondary N) is 2. The number of halogens is 1. The van der Waals surface area contributed by atoms with E-state index in [0.717, 1.165) is 16.5 Å². The molecule has 0 bridgehead atoms. The van der Waals surface area contributed by atoms with Crippen molar-refractivity contribution in [1.29, 1.82) is 0 Å². The number of benzene rings is 3. The molecule has 0 saturated heterocycles. The number of fused-ring (bicyclic) bond motifs is 1. The zero-order valence-electron chi connectivity index (χ0n) is 15.3. The van der Waals surface area contributed by atoms with E-state index in [2.05, 4.69) is 10.6 Å². The molecule has 4 nitrogen and oxygen atoms in total. The molecule has 0 radical (unpaired) electrons. The van der Waals surface area contributed by atoms with Crippen LogP contribution < -0.4 is 10.6 Å². The molecule has 0 saturated carbocycles. The Kier molecular flexibility index (Phi) is 4.81. The number of aryl methyl sites for hydroxylation is 1. The van der Waals surface area contributed by atoms with Crippen molar-refractivity contribution < 1.29 is 13.6 Å². The third kappa shape index (κ3) is 3.74. The highest BCUT2D eigenvalue weighted by Crippen LogP contribution is 2.32. The summed E-state index contributed by atoms with van der Waals surface area (Å²) in [5, 5.41) is 6.98. The van der Waals surface area contributed by atoms with Gasteiger partial charge in [0.15, 0.2) is 0 Å². The maximum atomic E-state index is 13.1. The Labute approximate surface area is 162 Å². The van der Waals surface area contributed by atoms with E-state index >= 15 is 0 Å². The van der Waals surface area contributed by atoms with Crippen LogP contribution in [0.2, 0.25) is 0 Å². The van der Waals surface area contributed by atoms with Crippen LogP contribution in [-0.2, 0) is 6.54 Å². The summed E-state index contributed by atoms with van der Waals surface area (Å²) in [5.74, 6) is -0.399. The van der Waals surface area contributed by atoms with Gasteiger partial charge in [-0.05, 0) is 54.4 Å². The molecule has 1 amide bonds. The SMILES string of the molecule is Cc1cccc(NC(=O)c2oc3ccccc3c2NCc2ccc(F)cc2)c1. The second kappa shape index (κ2) is 7.56. The van der Waals surface area contributed by atoms with Crippen LogP contribution in [0.1, 0.15) is 21.7 Å². The van der Waals surface area contributed by atoms with Gasteiger partial charge < -0.3 is 15.1 Å². The highest BCUT2D eigenvalue weighted by atomic mass is 19.1. The van der Waals surface area contributed by atoms with Crippen LogP contribution in [0.5, 0.6) is 0 Å². The molecule has 1 aromatic heterocycles. The van der Waals surface area contributed by atoms with E-state index in [9.17, 15) is 9.18 Å². The van der Waals surface area contributed by atoms with Crippen LogP contribution in [0, 0.1) is 12.7 Å². The van der Waals surface area contributed by atoms with Gasteiger partial charge in [-0.15, -0.1) is 0 Å². The van der Waals surface area contributed by atoms with Crippen LogP contribution in [-0.4, -0.2) is 5.91 Å². The highest BCUT2D eigenvalue weighted by Gasteiger charge is 2.20. The number of carbonyl (C=O) groups excluding carboxylic acids is 1. The van der Waals surface area contributed by atoms with Crippen molar-refractivity contribution in [3.05, 3.63) is 95.5 Å². The van der Waals surface area contributed by atoms with Crippen LogP contribution >= 0.6 is 0 Å². The first-order valence-electron chi connectivity index (χ1n) is 8.98. The van der Waals surface area contributed by atoms with Gasteiger partial charge in [0.2, 0.25) is 5.76 Å². The second-order valence-electron chi connectivity index (χ2n) is 6.61. The summed E-state index contributed by atoms with van der Waals surface area (Å²) in [4.78, 5) is 12.9. The topological polar surface area (TPSA) is 54.3 Å². The molecule has 3 aromatic carbocycles. The maximum Gasteiger partial charge on any atom is 0.293 e. The van der Waals surface area contributed by atoms with Gasteiger partial charge in [0.1, 0.15) is 11.4 Å². The summed E-state index contributed by atoms with van der Waals surface area (Å²) in [7, 11) is 0. The first kappa shape index (κ1) is 17.8. The van der Waals surface area contributed by atoms with E-state index in [1.807, 2.05) is 55.5 Å². The fourth-order valence-corrected chi connectivity index (χ4v) is 3.08. The van der Waals surface area contributed by atoms with Crippen molar-refractivity contribution in [2.45, 2.75) is 13.5 Å². The summed E-state index contributed by atoms with van der Waals surface area (Å²) in [6, 6.07) is 21.3. The van der Waals surface area contributed by atoms with Crippen LogP contribution in [0.25, 0.3) is 11.0 Å². The van der Waals surface area contributed by atoms with Crippen molar-refractivity contribution in [1.82, 2.24) is 0 Å². The lowest BCUT2D eigenvalue weighted by Crippen LogP contribution is -2.13. The van der Waals surface area contributed by atoms with Gasteiger partial charge in [0.25, 0.3) is 5.91 Å². The van der Waals surface area contributed by atoms with Gasteiger partial charge in [0.05, 0.1) is 5.69 Å². The van der Waals surface area contributed by atoms with Gasteiger partial charge in [-0.25, -0.2) is 4.39 Å². The third-order valence-electron chi connectivity index (χ3n) is 4.46. The molecule has 0 aliphatic heterocycles. The van der Waals surface area contributed by atoms with E-state index in [-0.39, 0.29) is 17.5 Å². The molecule has 5 heteroatoms. The fourth-order valence-electron chi connectivity index (χ4n) is 3.08. The molecule has 4 aromatic rings. The van der Waals surface area contributed by atoms with E-state index in [4.69, 9.17) is 4.42 Å². The van der Waals surface area contributed by atoms with Gasteiger partial charge in [-0.3, -0.25) is 4.79 Å². The number of hydrogen-bond donors (Lipinski definition) is 2. The van der Waals surface area contributed by atoms with Crippen molar-refractivity contribution >= 4 is 28.3 Å². The minimum absolute atomic E-state index is 0.213. The maximum absolute atomic E-state index is 13.1. The number of hydrogen-bond acceptors (Lipinski definition) is 3. The monoisotopic (exact) mass is 374 g/mol. The van der Waals surface area contributed by atoms with Crippen molar-refractivity contribution in [3.63, 3.8) is 0 Å². The molecule has 0 aliphatic carbocycles. The number of furan rings is 1. The van der Waals surface area contributed by atoms with Crippen molar-refractivity contribution in [2.24, 2.45) is 0 Å². The minimum Gasteiger partial charge on any atom is -0.449 e. The minimum atomic E-state index is -0.330. The Morgan fingerprint density at radius 3 is 2.57 bits per heavy atom. The molecule has 0 aliphatic rings. The molecule has 28 heavy (non-hydrogen) atoms. The lowest BCUT2D eigenvalue weighted by atomic mass is 10.1. The Morgan fingerprint density at radius 1 is 1.00 bits per heavy atom. The number of amides is 1. The first-order chi connectivity index (χ1) is 13.6. The Bertz CT molecular complexity index is 1130. The molecule has 0 atom stereocenters. The number of rotatable bonds is 5. The molecular weight excluding hydrogens is 355 g/mol. The predicted molar refractivity (Wildman–Crippen MR) is 109 cm³/mol. The van der Waals surface area contributed by atoms with Gasteiger partial charge in [-0.1, -0.05) is 36.4 Å². The number of para-hydroxylation sites is 1. The zero-order valence-corrected chi connectivity index (χ0v) is 15.3. The van der Waals surface area contributed by atoms with Crippen molar-refractivity contribution in [2.75, 3.05) is 10.6 Å². The standard InChI is InChI=1S/C23H19FN2O2/c1-15-5-4-6-18(13-15)26-23(27)22-21(19-7-2-3-8-20(19)28-22)25-14-16-9-11-17(24)12-10-16/h2-13,25H,14H2,1H3,(H,26,27). The smallest absolute Gasteiger partial charge is 0.293 e. The highest BCUT2D eigenvalue weighted by molar-refractivity contribution is 6.11. The predicted octanol–water partition coefficient (Wildman–Crippen LogP) is 5.74. The van der Waals surface area contributed by atoms with Gasteiger partial charge >= 0.3 is 0 Å². The molecule has 140 valence electrons. The number of carbonyl (C=O) groups is 1. The largest absolute Gasteiger partial charge is 0.449 e. The van der Waals surface area contributed by atoms with Crippen LogP contribution in [0.15, 0.2) is 77.2 Å². The number of anilines is 2. The van der Waals surface area contributed by atoms with E-state index < -0.39 is 0 Å². The fraction of sp³-hybridized carbons (Fsp3) is 0.0870. The first-order valence-corrected chi connectivity index (χ1v) is 8.98. The summed E-state index contributed by atoms with van der Waals surface area (Å²) in [5.41, 5.74) is 3.90.